The van der Waals surface area contributed by atoms with E-state index in [1.807, 2.05) is 18.2 Å². The van der Waals surface area contributed by atoms with Crippen LogP contribution in [0.5, 0.6) is 0 Å². The van der Waals surface area contributed by atoms with E-state index < -0.39 is 9.84 Å². The van der Waals surface area contributed by atoms with E-state index in [-0.39, 0.29) is 17.5 Å². The topological polar surface area (TPSA) is 101 Å². The minimum Gasteiger partial charge on any atom is -0.382 e. The number of nitrogens with one attached hydrogen (secondary N) is 1. The van der Waals surface area contributed by atoms with Gasteiger partial charge in [-0.1, -0.05) is 24.3 Å². The fourth-order valence-electron chi connectivity index (χ4n) is 5.49. The van der Waals surface area contributed by atoms with Crippen LogP contribution in [0.2, 0.25) is 0 Å². The molecule has 0 spiro atoms. The van der Waals surface area contributed by atoms with Gasteiger partial charge in [0.1, 0.15) is 21.7 Å². The summed E-state index contributed by atoms with van der Waals surface area (Å²) in [5, 5.41) is 14.7. The molecule has 2 aromatic carbocycles. The van der Waals surface area contributed by atoms with Crippen molar-refractivity contribution in [1.82, 2.24) is 14.5 Å². The summed E-state index contributed by atoms with van der Waals surface area (Å²) < 4.78 is 25.9. The lowest BCUT2D eigenvalue weighted by Crippen LogP contribution is -2.32. The molecule has 4 aromatic rings. The average molecular weight is 512 g/mol. The largest absolute Gasteiger partial charge is 0.382 e. The molecule has 0 unspecified atom stereocenters. The molecule has 1 aliphatic heterocycles. The van der Waals surface area contributed by atoms with Crippen LogP contribution in [-0.2, 0) is 16.3 Å². The molecule has 1 saturated heterocycles. The van der Waals surface area contributed by atoms with Crippen LogP contribution in [0.25, 0.3) is 22.2 Å². The van der Waals surface area contributed by atoms with Gasteiger partial charge in [0, 0.05) is 42.0 Å². The van der Waals surface area contributed by atoms with Crippen molar-refractivity contribution in [2.75, 3.05) is 16.8 Å². The summed E-state index contributed by atoms with van der Waals surface area (Å²) >= 11 is 0. The highest BCUT2D eigenvalue weighted by Crippen LogP contribution is 2.43. The van der Waals surface area contributed by atoms with Crippen molar-refractivity contribution in [3.8, 4) is 17.3 Å². The molecule has 8 heteroatoms. The number of fused-ring (bicyclic) bond motifs is 1. The zero-order chi connectivity index (χ0) is 25.4. The average Bonchev–Trinajstić information content (AvgIpc) is 3.18. The number of aromatic nitrogens is 3. The summed E-state index contributed by atoms with van der Waals surface area (Å²) in [5.74, 6) is 1.27. The maximum atomic E-state index is 11.8. The first kappa shape index (κ1) is 23.7. The molecule has 2 aromatic heterocycles. The van der Waals surface area contributed by atoms with E-state index in [0.717, 1.165) is 52.1 Å². The molecule has 37 heavy (non-hydrogen) atoms. The van der Waals surface area contributed by atoms with Gasteiger partial charge in [-0.15, -0.1) is 0 Å². The predicted octanol–water partition coefficient (Wildman–Crippen LogP) is 5.27. The molecule has 0 atom stereocenters. The van der Waals surface area contributed by atoms with Gasteiger partial charge < -0.3 is 9.88 Å². The Morgan fingerprint density at radius 2 is 1.73 bits per heavy atom. The number of sulfone groups is 1. The lowest BCUT2D eigenvalue weighted by molar-refractivity contribution is 0.324. The summed E-state index contributed by atoms with van der Waals surface area (Å²) in [5.41, 5.74) is 5.90. The van der Waals surface area contributed by atoms with E-state index in [1.54, 1.807) is 12.4 Å². The summed E-state index contributed by atoms with van der Waals surface area (Å²) in [4.78, 5) is 8.75. The van der Waals surface area contributed by atoms with Gasteiger partial charge in [0.25, 0.3) is 0 Å². The molecule has 0 radical (unpaired) electrons. The summed E-state index contributed by atoms with van der Waals surface area (Å²) in [6.45, 7) is 0. The second-order valence-electron chi connectivity index (χ2n) is 10.1. The van der Waals surface area contributed by atoms with Gasteiger partial charge in [-0.05, 0) is 67.5 Å². The van der Waals surface area contributed by atoms with Crippen LogP contribution in [0.3, 0.4) is 0 Å². The quantitative estimate of drug-likeness (QED) is 0.378. The number of rotatable bonds is 6. The standard InChI is InChI=1S/C29H29N5O2S/c30-19-26-25-10-5-20(18-28-31-13-2-14-32-28)17-27(25)34(24-3-1-4-24)29(26)21-6-8-22(9-7-21)33-23-11-15-37(35,36)16-12-23/h2,5-10,13-14,17,23-24,33H,1,3-4,11-12,15-16,18H2. The van der Waals surface area contributed by atoms with Crippen molar-refractivity contribution >= 4 is 26.4 Å². The Labute approximate surface area is 217 Å². The highest BCUT2D eigenvalue weighted by Gasteiger charge is 2.28. The zero-order valence-electron chi connectivity index (χ0n) is 20.6. The van der Waals surface area contributed by atoms with Crippen molar-refractivity contribution in [2.45, 2.75) is 50.6 Å². The molecular weight excluding hydrogens is 482 g/mol. The molecule has 0 bridgehead atoms. The summed E-state index contributed by atoms with van der Waals surface area (Å²) in [6.07, 6.45) is 8.85. The molecule has 1 aliphatic carbocycles. The second-order valence-corrected chi connectivity index (χ2v) is 12.4. The number of hydrogen-bond donors (Lipinski definition) is 1. The zero-order valence-corrected chi connectivity index (χ0v) is 21.4. The maximum absolute atomic E-state index is 11.8. The van der Waals surface area contributed by atoms with Crippen LogP contribution in [0.1, 0.15) is 55.1 Å². The first-order chi connectivity index (χ1) is 18.0. The third-order valence-corrected chi connectivity index (χ3v) is 9.40. The molecule has 3 heterocycles. The molecule has 1 saturated carbocycles. The molecule has 0 amide bonds. The van der Waals surface area contributed by atoms with Crippen LogP contribution in [0.15, 0.2) is 60.9 Å². The number of anilines is 1. The van der Waals surface area contributed by atoms with Gasteiger partial charge in [0.15, 0.2) is 0 Å². The molecule has 6 rings (SSSR count). The first-order valence-electron chi connectivity index (χ1n) is 12.9. The van der Waals surface area contributed by atoms with Gasteiger partial charge in [-0.3, -0.25) is 0 Å². The van der Waals surface area contributed by atoms with Gasteiger partial charge in [0.05, 0.1) is 28.3 Å². The van der Waals surface area contributed by atoms with E-state index in [0.29, 0.717) is 30.9 Å². The fourth-order valence-corrected chi connectivity index (χ4v) is 6.98. The van der Waals surface area contributed by atoms with E-state index in [9.17, 15) is 13.7 Å². The SMILES string of the molecule is N#Cc1c(-c2ccc(NC3CCS(=O)(=O)CC3)cc2)n(C2CCC2)c2cc(Cc3ncccn3)ccc12. The first-order valence-corrected chi connectivity index (χ1v) is 14.7. The summed E-state index contributed by atoms with van der Waals surface area (Å²) in [6, 6.07) is 19.4. The summed E-state index contributed by atoms with van der Waals surface area (Å²) in [7, 11) is -2.88. The Morgan fingerprint density at radius 1 is 1.00 bits per heavy atom. The van der Waals surface area contributed by atoms with E-state index in [4.69, 9.17) is 0 Å². The third-order valence-electron chi connectivity index (χ3n) is 7.69. The Hall–Kier alpha value is -3.70. The maximum Gasteiger partial charge on any atom is 0.150 e. The van der Waals surface area contributed by atoms with Crippen LogP contribution in [0.4, 0.5) is 5.69 Å². The van der Waals surface area contributed by atoms with E-state index >= 15 is 0 Å². The monoisotopic (exact) mass is 511 g/mol. The van der Waals surface area contributed by atoms with Crippen LogP contribution >= 0.6 is 0 Å². The molecule has 2 aliphatic rings. The highest BCUT2D eigenvalue weighted by atomic mass is 32.2. The lowest BCUT2D eigenvalue weighted by atomic mass is 9.92. The van der Waals surface area contributed by atoms with E-state index in [2.05, 4.69) is 56.3 Å². The Balaban J connectivity index is 1.35. The number of benzene rings is 2. The molecule has 1 N–H and O–H groups in total. The number of nitrogens with zero attached hydrogens (tertiary/aromatic N) is 4. The Morgan fingerprint density at radius 3 is 2.38 bits per heavy atom. The van der Waals surface area contributed by atoms with Crippen LogP contribution < -0.4 is 5.32 Å². The van der Waals surface area contributed by atoms with Crippen LogP contribution in [0, 0.1) is 11.3 Å². The van der Waals surface area contributed by atoms with Gasteiger partial charge >= 0.3 is 0 Å². The molecule has 7 nitrogen and oxygen atoms in total. The van der Waals surface area contributed by atoms with Gasteiger partial charge in [-0.2, -0.15) is 5.26 Å². The van der Waals surface area contributed by atoms with Crippen molar-refractivity contribution in [3.63, 3.8) is 0 Å². The number of nitriles is 1. The van der Waals surface area contributed by atoms with Crippen molar-refractivity contribution in [2.24, 2.45) is 0 Å². The van der Waals surface area contributed by atoms with E-state index in [1.165, 1.54) is 6.42 Å². The van der Waals surface area contributed by atoms with Gasteiger partial charge in [-0.25, -0.2) is 18.4 Å². The second kappa shape index (κ2) is 9.64. The molecule has 188 valence electrons. The smallest absolute Gasteiger partial charge is 0.150 e. The number of hydrogen-bond acceptors (Lipinski definition) is 6. The van der Waals surface area contributed by atoms with Crippen LogP contribution in [-0.4, -0.2) is 40.5 Å². The highest BCUT2D eigenvalue weighted by molar-refractivity contribution is 7.91. The normalized spacial score (nSPS) is 17.8. The third kappa shape index (κ3) is 4.72. The minimum atomic E-state index is -2.88. The minimum absolute atomic E-state index is 0.164. The molecule has 2 fully saturated rings. The van der Waals surface area contributed by atoms with Gasteiger partial charge in [0.2, 0.25) is 0 Å². The Kier molecular flexibility index (Phi) is 6.17. The fraction of sp³-hybridized carbons (Fsp3) is 0.345. The molecular formula is C29H29N5O2S. The predicted molar refractivity (Wildman–Crippen MR) is 145 cm³/mol. The lowest BCUT2D eigenvalue weighted by Gasteiger charge is -2.30. The van der Waals surface area contributed by atoms with Crippen molar-refractivity contribution in [3.05, 3.63) is 77.9 Å². The van der Waals surface area contributed by atoms with Crippen molar-refractivity contribution < 1.29 is 8.42 Å². The van der Waals surface area contributed by atoms with Crippen molar-refractivity contribution in [1.29, 1.82) is 5.26 Å². The Bertz CT molecular complexity index is 1570.